The molecule has 17 heavy (non-hydrogen) atoms. The van der Waals surface area contributed by atoms with E-state index in [9.17, 15) is 0 Å². The van der Waals surface area contributed by atoms with Crippen LogP contribution < -0.4 is 5.73 Å². The monoisotopic (exact) mass is 232 g/mol. The molecule has 0 saturated carbocycles. The SMILES string of the molecule is CCC1OCCC1c1nc2ccc(N)cc2o1. The minimum Gasteiger partial charge on any atom is -0.440 e. The van der Waals surface area contributed by atoms with Crippen LogP contribution in [0, 0.1) is 0 Å². The Kier molecular flexibility index (Phi) is 2.52. The van der Waals surface area contributed by atoms with Crippen molar-refractivity contribution in [3.8, 4) is 0 Å². The van der Waals surface area contributed by atoms with Gasteiger partial charge < -0.3 is 14.9 Å². The molecule has 0 bridgehead atoms. The van der Waals surface area contributed by atoms with Crippen LogP contribution >= 0.6 is 0 Å². The van der Waals surface area contributed by atoms with Gasteiger partial charge in [-0.05, 0) is 25.0 Å². The van der Waals surface area contributed by atoms with Crippen LogP contribution in [0.1, 0.15) is 31.6 Å². The first-order chi connectivity index (χ1) is 8.28. The van der Waals surface area contributed by atoms with Crippen LogP contribution in [0.2, 0.25) is 0 Å². The Morgan fingerprint density at radius 1 is 1.47 bits per heavy atom. The van der Waals surface area contributed by atoms with Crippen LogP contribution in [0.5, 0.6) is 0 Å². The van der Waals surface area contributed by atoms with Crippen LogP contribution in [-0.2, 0) is 4.74 Å². The second-order valence-corrected chi connectivity index (χ2v) is 4.49. The third kappa shape index (κ3) is 1.78. The molecule has 1 aliphatic rings. The molecule has 90 valence electrons. The molecule has 2 aromatic rings. The molecule has 1 aliphatic heterocycles. The van der Waals surface area contributed by atoms with Gasteiger partial charge in [-0.25, -0.2) is 4.98 Å². The minimum absolute atomic E-state index is 0.236. The molecule has 4 nitrogen and oxygen atoms in total. The van der Waals surface area contributed by atoms with E-state index in [2.05, 4.69) is 11.9 Å². The van der Waals surface area contributed by atoms with Gasteiger partial charge in [0.1, 0.15) is 5.52 Å². The molecule has 2 atom stereocenters. The van der Waals surface area contributed by atoms with Crippen molar-refractivity contribution >= 4 is 16.8 Å². The normalized spacial score (nSPS) is 24.5. The summed E-state index contributed by atoms with van der Waals surface area (Å²) in [6, 6.07) is 5.56. The van der Waals surface area contributed by atoms with Crippen LogP contribution in [0.25, 0.3) is 11.1 Å². The highest BCUT2D eigenvalue weighted by molar-refractivity contribution is 5.76. The Labute approximate surface area is 99.8 Å². The number of hydrogen-bond donors (Lipinski definition) is 1. The third-order valence-electron chi connectivity index (χ3n) is 3.36. The maximum atomic E-state index is 5.79. The minimum atomic E-state index is 0.236. The maximum Gasteiger partial charge on any atom is 0.201 e. The van der Waals surface area contributed by atoms with E-state index in [4.69, 9.17) is 14.9 Å². The number of aromatic nitrogens is 1. The van der Waals surface area contributed by atoms with Crippen molar-refractivity contribution in [2.45, 2.75) is 31.8 Å². The molecule has 1 aromatic heterocycles. The molecule has 2 unspecified atom stereocenters. The topological polar surface area (TPSA) is 61.3 Å². The first-order valence-corrected chi connectivity index (χ1v) is 6.05. The average Bonchev–Trinajstić information content (AvgIpc) is 2.93. The Bertz CT molecular complexity index is 535. The predicted octanol–water partition coefficient (Wildman–Crippen LogP) is 2.69. The predicted molar refractivity (Wildman–Crippen MR) is 65.8 cm³/mol. The van der Waals surface area contributed by atoms with Gasteiger partial charge in [0.2, 0.25) is 5.89 Å². The maximum absolute atomic E-state index is 5.79. The highest BCUT2D eigenvalue weighted by atomic mass is 16.5. The summed E-state index contributed by atoms with van der Waals surface area (Å²) in [6.07, 6.45) is 2.22. The summed E-state index contributed by atoms with van der Waals surface area (Å²) in [7, 11) is 0. The second kappa shape index (κ2) is 4.04. The molecular weight excluding hydrogens is 216 g/mol. The standard InChI is InChI=1S/C13H16N2O2/c1-2-11-9(5-6-16-11)13-15-10-4-3-8(14)7-12(10)17-13/h3-4,7,9,11H,2,5-6,14H2,1H3. The lowest BCUT2D eigenvalue weighted by Crippen LogP contribution is -2.12. The van der Waals surface area contributed by atoms with E-state index >= 15 is 0 Å². The third-order valence-corrected chi connectivity index (χ3v) is 3.36. The number of hydrogen-bond acceptors (Lipinski definition) is 4. The molecule has 2 heterocycles. The smallest absolute Gasteiger partial charge is 0.201 e. The molecule has 0 amide bonds. The number of rotatable bonds is 2. The summed E-state index contributed by atoms with van der Waals surface area (Å²) < 4.78 is 11.5. The van der Waals surface area contributed by atoms with Gasteiger partial charge in [0.15, 0.2) is 5.58 Å². The first kappa shape index (κ1) is 10.6. The largest absolute Gasteiger partial charge is 0.440 e. The lowest BCUT2D eigenvalue weighted by atomic mass is 10.00. The fourth-order valence-corrected chi connectivity index (χ4v) is 2.45. The lowest BCUT2D eigenvalue weighted by Gasteiger charge is -2.12. The summed E-state index contributed by atoms with van der Waals surface area (Å²) in [6.45, 7) is 2.92. The highest BCUT2D eigenvalue weighted by Gasteiger charge is 2.32. The van der Waals surface area contributed by atoms with E-state index in [0.717, 1.165) is 36.4 Å². The van der Waals surface area contributed by atoms with Crippen molar-refractivity contribution in [2.75, 3.05) is 12.3 Å². The molecule has 2 N–H and O–H groups in total. The van der Waals surface area contributed by atoms with E-state index in [0.29, 0.717) is 5.69 Å². The number of oxazole rings is 1. The van der Waals surface area contributed by atoms with E-state index in [1.807, 2.05) is 18.2 Å². The van der Waals surface area contributed by atoms with Gasteiger partial charge in [-0.2, -0.15) is 0 Å². The Morgan fingerprint density at radius 3 is 3.18 bits per heavy atom. The zero-order valence-electron chi connectivity index (χ0n) is 9.85. The van der Waals surface area contributed by atoms with E-state index in [1.165, 1.54) is 0 Å². The van der Waals surface area contributed by atoms with Gasteiger partial charge in [-0.1, -0.05) is 6.92 Å². The van der Waals surface area contributed by atoms with Crippen LogP contribution in [0.15, 0.2) is 22.6 Å². The van der Waals surface area contributed by atoms with Crippen molar-refractivity contribution in [1.82, 2.24) is 4.98 Å². The molecular formula is C13H16N2O2. The van der Waals surface area contributed by atoms with Gasteiger partial charge in [0.25, 0.3) is 0 Å². The molecule has 0 spiro atoms. The van der Waals surface area contributed by atoms with Crippen LogP contribution in [0.3, 0.4) is 0 Å². The number of anilines is 1. The zero-order valence-corrected chi connectivity index (χ0v) is 9.85. The molecule has 1 saturated heterocycles. The zero-order chi connectivity index (χ0) is 11.8. The summed E-state index contributed by atoms with van der Waals surface area (Å²) in [4.78, 5) is 4.53. The second-order valence-electron chi connectivity index (χ2n) is 4.49. The van der Waals surface area contributed by atoms with Crippen molar-refractivity contribution in [3.05, 3.63) is 24.1 Å². The summed E-state index contributed by atoms with van der Waals surface area (Å²) in [5, 5.41) is 0. The number of nitrogens with zero attached hydrogens (tertiary/aromatic N) is 1. The number of fused-ring (bicyclic) bond motifs is 1. The van der Waals surface area contributed by atoms with Crippen LogP contribution in [-0.4, -0.2) is 17.7 Å². The average molecular weight is 232 g/mol. The van der Waals surface area contributed by atoms with Crippen molar-refractivity contribution in [2.24, 2.45) is 0 Å². The summed E-state index contributed by atoms with van der Waals surface area (Å²) in [5.41, 5.74) is 8.07. The molecule has 1 fully saturated rings. The first-order valence-electron chi connectivity index (χ1n) is 6.05. The molecule has 1 aromatic carbocycles. The van der Waals surface area contributed by atoms with Gasteiger partial charge in [-0.15, -0.1) is 0 Å². The number of nitrogens with two attached hydrogens (primary N) is 1. The summed E-state index contributed by atoms with van der Waals surface area (Å²) in [5.74, 6) is 1.07. The molecule has 3 rings (SSSR count). The fourth-order valence-electron chi connectivity index (χ4n) is 2.45. The van der Waals surface area contributed by atoms with Gasteiger partial charge >= 0.3 is 0 Å². The Balaban J connectivity index is 2.00. The van der Waals surface area contributed by atoms with Gasteiger partial charge in [0, 0.05) is 18.4 Å². The van der Waals surface area contributed by atoms with E-state index in [1.54, 1.807) is 0 Å². The molecule has 4 heteroatoms. The van der Waals surface area contributed by atoms with Gasteiger partial charge in [-0.3, -0.25) is 0 Å². The van der Waals surface area contributed by atoms with Crippen molar-refractivity contribution in [1.29, 1.82) is 0 Å². The fraction of sp³-hybridized carbons (Fsp3) is 0.462. The van der Waals surface area contributed by atoms with E-state index in [-0.39, 0.29) is 12.0 Å². The molecule has 0 aliphatic carbocycles. The van der Waals surface area contributed by atoms with Crippen molar-refractivity contribution in [3.63, 3.8) is 0 Å². The Morgan fingerprint density at radius 2 is 2.35 bits per heavy atom. The summed E-state index contributed by atoms with van der Waals surface area (Å²) >= 11 is 0. The lowest BCUT2D eigenvalue weighted by molar-refractivity contribution is 0.0968. The quantitative estimate of drug-likeness (QED) is 0.809. The van der Waals surface area contributed by atoms with Crippen molar-refractivity contribution < 1.29 is 9.15 Å². The van der Waals surface area contributed by atoms with E-state index < -0.39 is 0 Å². The molecule has 0 radical (unpaired) electrons. The number of benzene rings is 1. The number of ether oxygens (including phenoxy) is 1. The number of nitrogen functional groups attached to an aromatic ring is 1. The Hall–Kier alpha value is -1.55. The van der Waals surface area contributed by atoms with Crippen LogP contribution in [0.4, 0.5) is 5.69 Å². The highest BCUT2D eigenvalue weighted by Crippen LogP contribution is 2.34. The van der Waals surface area contributed by atoms with Gasteiger partial charge in [0.05, 0.1) is 12.0 Å².